The lowest BCUT2D eigenvalue weighted by atomic mass is 9.92. The maximum absolute atomic E-state index is 11.9. The van der Waals surface area contributed by atoms with Gasteiger partial charge in [0.2, 0.25) is 0 Å². The molecule has 1 saturated heterocycles. The molecule has 3 rings (SSSR count). The monoisotopic (exact) mass is 420 g/mol. The number of Topliss-reactive ketones (excluding diaryl/α,β-unsaturated/α-hetero) is 1. The fraction of sp³-hybridized carbons (Fsp3) is 0.409. The standard InChI is InChI=1S/C22H25ClO6/c1-3-28-15-6-4-13(5-7-15)8-14-9-16(19(27-2)10-17(14)23)20-11-18(25)22(26)21(12-24)29-20/h4-7,9-10,18,20-21,24-25H,3,8,11-12H2,1-2H3. The summed E-state index contributed by atoms with van der Waals surface area (Å²) in [5.74, 6) is 0.807. The Balaban J connectivity index is 1.89. The van der Waals surface area contributed by atoms with Gasteiger partial charge in [0.05, 0.1) is 26.4 Å². The van der Waals surface area contributed by atoms with Crippen molar-refractivity contribution in [3.8, 4) is 11.5 Å². The minimum Gasteiger partial charge on any atom is -0.496 e. The molecule has 7 heteroatoms. The van der Waals surface area contributed by atoms with Crippen molar-refractivity contribution >= 4 is 17.4 Å². The number of aliphatic hydroxyl groups excluding tert-OH is 2. The van der Waals surface area contributed by atoms with E-state index >= 15 is 0 Å². The number of aliphatic hydroxyl groups is 2. The molecule has 29 heavy (non-hydrogen) atoms. The molecule has 0 aromatic heterocycles. The molecule has 2 aromatic rings. The van der Waals surface area contributed by atoms with E-state index in [-0.39, 0.29) is 6.42 Å². The summed E-state index contributed by atoms with van der Waals surface area (Å²) < 4.78 is 16.7. The predicted octanol–water partition coefficient (Wildman–Crippen LogP) is 3.09. The Labute approximate surface area is 175 Å². The molecule has 1 aliphatic rings. The second kappa shape index (κ2) is 9.59. The molecular weight excluding hydrogens is 396 g/mol. The molecule has 2 N–H and O–H groups in total. The van der Waals surface area contributed by atoms with E-state index in [0.717, 1.165) is 16.9 Å². The van der Waals surface area contributed by atoms with E-state index in [1.807, 2.05) is 37.3 Å². The minimum atomic E-state index is -1.19. The molecule has 0 radical (unpaired) electrons. The van der Waals surface area contributed by atoms with Crippen LogP contribution in [0, 0.1) is 0 Å². The summed E-state index contributed by atoms with van der Waals surface area (Å²) >= 11 is 6.47. The average Bonchev–Trinajstić information content (AvgIpc) is 2.72. The van der Waals surface area contributed by atoms with E-state index in [0.29, 0.717) is 29.4 Å². The van der Waals surface area contributed by atoms with Gasteiger partial charge in [0.25, 0.3) is 0 Å². The molecule has 2 aromatic carbocycles. The summed E-state index contributed by atoms with van der Waals surface area (Å²) in [6, 6.07) is 11.4. The lowest BCUT2D eigenvalue weighted by Crippen LogP contribution is -2.43. The Morgan fingerprint density at radius 1 is 1.24 bits per heavy atom. The third-order valence-electron chi connectivity index (χ3n) is 4.95. The van der Waals surface area contributed by atoms with Gasteiger partial charge in [-0.15, -0.1) is 0 Å². The van der Waals surface area contributed by atoms with Crippen LogP contribution in [0.2, 0.25) is 5.02 Å². The van der Waals surface area contributed by atoms with Gasteiger partial charge < -0.3 is 24.4 Å². The van der Waals surface area contributed by atoms with Crippen molar-refractivity contribution in [1.82, 2.24) is 0 Å². The zero-order valence-electron chi connectivity index (χ0n) is 16.4. The zero-order chi connectivity index (χ0) is 21.0. The van der Waals surface area contributed by atoms with Gasteiger partial charge in [-0.3, -0.25) is 4.79 Å². The first-order chi connectivity index (χ1) is 14.0. The number of methoxy groups -OCH3 is 1. The van der Waals surface area contributed by atoms with E-state index in [1.165, 1.54) is 7.11 Å². The third-order valence-corrected chi connectivity index (χ3v) is 5.30. The first-order valence-electron chi connectivity index (χ1n) is 9.53. The smallest absolute Gasteiger partial charge is 0.192 e. The Morgan fingerprint density at radius 3 is 2.59 bits per heavy atom. The Morgan fingerprint density at radius 2 is 1.97 bits per heavy atom. The quantitative estimate of drug-likeness (QED) is 0.716. The van der Waals surface area contributed by atoms with Gasteiger partial charge in [0.1, 0.15) is 23.7 Å². The summed E-state index contributed by atoms with van der Waals surface area (Å²) in [5, 5.41) is 20.0. The van der Waals surface area contributed by atoms with Crippen LogP contribution >= 0.6 is 11.6 Å². The lowest BCUT2D eigenvalue weighted by Gasteiger charge is -2.32. The first-order valence-corrected chi connectivity index (χ1v) is 9.90. The number of hydrogen-bond acceptors (Lipinski definition) is 6. The van der Waals surface area contributed by atoms with Crippen LogP contribution in [0.15, 0.2) is 36.4 Å². The highest BCUT2D eigenvalue weighted by atomic mass is 35.5. The van der Waals surface area contributed by atoms with Crippen LogP contribution in [-0.4, -0.2) is 48.5 Å². The maximum atomic E-state index is 11.9. The van der Waals surface area contributed by atoms with E-state index in [9.17, 15) is 15.0 Å². The molecule has 3 atom stereocenters. The summed E-state index contributed by atoms with van der Waals surface area (Å²) in [6.07, 6.45) is -2.17. The molecule has 0 aliphatic carbocycles. The molecule has 6 nitrogen and oxygen atoms in total. The molecule has 0 bridgehead atoms. The third kappa shape index (κ3) is 4.90. The molecule has 0 saturated carbocycles. The summed E-state index contributed by atoms with van der Waals surface area (Å²) in [7, 11) is 1.52. The van der Waals surface area contributed by atoms with E-state index in [2.05, 4.69) is 0 Å². The van der Waals surface area contributed by atoms with Gasteiger partial charge in [-0.2, -0.15) is 0 Å². The van der Waals surface area contributed by atoms with Gasteiger partial charge in [-0.25, -0.2) is 0 Å². The number of carbonyl (C=O) groups is 1. The van der Waals surface area contributed by atoms with Crippen molar-refractivity contribution in [2.24, 2.45) is 0 Å². The Kier molecular flexibility index (Phi) is 7.14. The molecule has 0 spiro atoms. The minimum absolute atomic E-state index is 0.0931. The van der Waals surface area contributed by atoms with Gasteiger partial charge in [-0.05, 0) is 48.7 Å². The number of rotatable bonds is 7. The van der Waals surface area contributed by atoms with Crippen molar-refractivity contribution in [3.05, 3.63) is 58.1 Å². The van der Waals surface area contributed by atoms with Crippen LogP contribution in [0.5, 0.6) is 11.5 Å². The molecule has 1 heterocycles. The molecule has 0 amide bonds. The highest BCUT2D eigenvalue weighted by Gasteiger charge is 2.37. The Hall–Kier alpha value is -2.12. The molecular formula is C22H25ClO6. The second-order valence-corrected chi connectivity index (χ2v) is 7.30. The summed E-state index contributed by atoms with van der Waals surface area (Å²) in [6.45, 7) is 2.06. The van der Waals surface area contributed by atoms with Crippen molar-refractivity contribution < 1.29 is 29.2 Å². The topological polar surface area (TPSA) is 85.2 Å². The van der Waals surface area contributed by atoms with Crippen LogP contribution in [0.3, 0.4) is 0 Å². The molecule has 1 aliphatic heterocycles. The molecule has 1 fully saturated rings. The highest BCUT2D eigenvalue weighted by molar-refractivity contribution is 6.31. The Bertz CT molecular complexity index is 851. The number of ketones is 1. The second-order valence-electron chi connectivity index (χ2n) is 6.89. The van der Waals surface area contributed by atoms with Crippen molar-refractivity contribution in [1.29, 1.82) is 0 Å². The van der Waals surface area contributed by atoms with Crippen molar-refractivity contribution in [2.75, 3.05) is 20.3 Å². The van der Waals surface area contributed by atoms with Gasteiger partial charge in [0, 0.05) is 17.0 Å². The largest absolute Gasteiger partial charge is 0.496 e. The summed E-state index contributed by atoms with van der Waals surface area (Å²) in [5.41, 5.74) is 2.60. The van der Waals surface area contributed by atoms with Gasteiger partial charge in [-0.1, -0.05) is 23.7 Å². The van der Waals surface area contributed by atoms with Crippen molar-refractivity contribution in [2.45, 2.75) is 38.1 Å². The van der Waals surface area contributed by atoms with E-state index < -0.39 is 30.7 Å². The highest BCUT2D eigenvalue weighted by Crippen LogP contribution is 2.38. The van der Waals surface area contributed by atoms with Gasteiger partial charge in [0.15, 0.2) is 5.78 Å². The fourth-order valence-electron chi connectivity index (χ4n) is 3.46. The van der Waals surface area contributed by atoms with Crippen molar-refractivity contribution in [3.63, 3.8) is 0 Å². The normalized spacial score (nSPS) is 21.8. The van der Waals surface area contributed by atoms with Crippen LogP contribution in [0.1, 0.15) is 36.1 Å². The fourth-order valence-corrected chi connectivity index (χ4v) is 3.68. The summed E-state index contributed by atoms with van der Waals surface area (Å²) in [4.78, 5) is 11.9. The van der Waals surface area contributed by atoms with E-state index in [1.54, 1.807) is 6.07 Å². The molecule has 3 unspecified atom stereocenters. The number of halogens is 1. The zero-order valence-corrected chi connectivity index (χ0v) is 17.2. The average molecular weight is 421 g/mol. The van der Waals surface area contributed by atoms with Gasteiger partial charge >= 0.3 is 0 Å². The maximum Gasteiger partial charge on any atom is 0.192 e. The van der Waals surface area contributed by atoms with Crippen LogP contribution in [0.25, 0.3) is 0 Å². The first kappa shape index (κ1) is 21.6. The van der Waals surface area contributed by atoms with Crippen LogP contribution < -0.4 is 9.47 Å². The number of hydrogen-bond donors (Lipinski definition) is 2. The number of ether oxygens (including phenoxy) is 3. The van der Waals surface area contributed by atoms with Crippen LogP contribution in [-0.2, 0) is 16.0 Å². The SMILES string of the molecule is CCOc1ccc(Cc2cc(C3CC(O)C(=O)C(CO)O3)c(OC)cc2Cl)cc1. The number of benzene rings is 2. The lowest BCUT2D eigenvalue weighted by molar-refractivity contribution is -0.162. The molecule has 156 valence electrons. The van der Waals surface area contributed by atoms with E-state index in [4.69, 9.17) is 25.8 Å². The van der Waals surface area contributed by atoms with Crippen LogP contribution in [0.4, 0.5) is 0 Å². The number of carbonyl (C=O) groups excluding carboxylic acids is 1. The predicted molar refractivity (Wildman–Crippen MR) is 109 cm³/mol.